The maximum atomic E-state index is 10.6. The lowest BCUT2D eigenvalue weighted by molar-refractivity contribution is -0.137. The molecule has 16 heavy (non-hydrogen) atoms. The molecular weight excluding hydrogens is 253 g/mol. The fourth-order valence-electron chi connectivity index (χ4n) is 1.31. The first kappa shape index (κ1) is 12.8. The van der Waals surface area contributed by atoms with Crippen molar-refractivity contribution in [1.82, 2.24) is 5.32 Å². The van der Waals surface area contributed by atoms with Crippen molar-refractivity contribution in [2.45, 2.75) is 12.5 Å². The van der Waals surface area contributed by atoms with Gasteiger partial charge in [-0.15, -0.1) is 0 Å². The molecule has 0 aromatic heterocycles. The van der Waals surface area contributed by atoms with Crippen LogP contribution in [0.5, 0.6) is 0 Å². The molecule has 0 bridgehead atoms. The van der Waals surface area contributed by atoms with Crippen LogP contribution in [0.4, 0.5) is 0 Å². The Morgan fingerprint density at radius 3 is 2.75 bits per heavy atom. The van der Waals surface area contributed by atoms with Gasteiger partial charge in [-0.2, -0.15) is 0 Å². The molecule has 0 aliphatic heterocycles. The number of halogens is 2. The minimum absolute atomic E-state index is 0.251. The van der Waals surface area contributed by atoms with Crippen LogP contribution in [0.1, 0.15) is 18.0 Å². The maximum Gasteiger partial charge on any atom is 0.305 e. The molecule has 1 amide bonds. The number of nitrogens with one attached hydrogen (secondary N) is 1. The summed E-state index contributed by atoms with van der Waals surface area (Å²) in [6, 6.07) is 4.18. The normalized spacial score (nSPS) is 11.9. The molecule has 0 heterocycles. The Morgan fingerprint density at radius 2 is 2.19 bits per heavy atom. The van der Waals surface area contributed by atoms with E-state index in [1.54, 1.807) is 18.2 Å². The highest BCUT2D eigenvalue weighted by molar-refractivity contribution is 6.42. The van der Waals surface area contributed by atoms with E-state index in [4.69, 9.17) is 28.3 Å². The molecule has 0 spiro atoms. The summed E-state index contributed by atoms with van der Waals surface area (Å²) in [4.78, 5) is 21.0. The fourth-order valence-corrected chi connectivity index (χ4v) is 1.74. The number of amides is 1. The van der Waals surface area contributed by atoms with E-state index in [0.29, 0.717) is 17.0 Å². The average Bonchev–Trinajstić information content (AvgIpc) is 2.21. The Balaban J connectivity index is 3.04. The molecule has 0 aliphatic carbocycles. The standard InChI is InChI=1S/C10H9Cl2NO3/c11-7-3-1-2-6(10(7)12)8(13-5-14)4-9(15)16/h1-3,5,8H,4H2,(H,13,14)(H,15,16)/t8-/m1/s1. The molecule has 6 heteroatoms. The van der Waals surface area contributed by atoms with Crippen molar-refractivity contribution in [3.63, 3.8) is 0 Å². The van der Waals surface area contributed by atoms with Gasteiger partial charge < -0.3 is 10.4 Å². The third-order valence-electron chi connectivity index (χ3n) is 2.00. The molecule has 1 rings (SSSR count). The van der Waals surface area contributed by atoms with Crippen LogP contribution in [0.2, 0.25) is 10.0 Å². The van der Waals surface area contributed by atoms with Crippen LogP contribution >= 0.6 is 23.2 Å². The second-order valence-electron chi connectivity index (χ2n) is 3.08. The van der Waals surface area contributed by atoms with Gasteiger partial charge in [0.1, 0.15) is 0 Å². The van der Waals surface area contributed by atoms with E-state index >= 15 is 0 Å². The highest BCUT2D eigenvalue weighted by Crippen LogP contribution is 2.31. The molecule has 0 radical (unpaired) electrons. The van der Waals surface area contributed by atoms with E-state index < -0.39 is 12.0 Å². The molecule has 86 valence electrons. The van der Waals surface area contributed by atoms with Crippen LogP contribution in [0.15, 0.2) is 18.2 Å². The second-order valence-corrected chi connectivity index (χ2v) is 3.86. The number of carboxylic acid groups (broad SMARTS) is 1. The smallest absolute Gasteiger partial charge is 0.305 e. The van der Waals surface area contributed by atoms with Gasteiger partial charge in [-0.25, -0.2) is 0 Å². The number of aliphatic carboxylic acids is 1. The van der Waals surface area contributed by atoms with Gasteiger partial charge in [0.05, 0.1) is 22.5 Å². The monoisotopic (exact) mass is 261 g/mol. The van der Waals surface area contributed by atoms with Crippen LogP contribution in [0, 0.1) is 0 Å². The number of benzene rings is 1. The predicted molar refractivity (Wildman–Crippen MR) is 60.7 cm³/mol. The van der Waals surface area contributed by atoms with Crippen molar-refractivity contribution in [1.29, 1.82) is 0 Å². The molecule has 1 aromatic rings. The number of carbonyl (C=O) groups is 2. The zero-order valence-electron chi connectivity index (χ0n) is 8.11. The Kier molecular flexibility index (Phi) is 4.58. The highest BCUT2D eigenvalue weighted by Gasteiger charge is 2.18. The topological polar surface area (TPSA) is 66.4 Å². The van der Waals surface area contributed by atoms with Gasteiger partial charge >= 0.3 is 5.97 Å². The molecule has 0 aliphatic rings. The molecule has 1 atom stereocenters. The van der Waals surface area contributed by atoms with Crippen LogP contribution in [-0.4, -0.2) is 17.5 Å². The Bertz CT molecular complexity index is 409. The van der Waals surface area contributed by atoms with E-state index in [-0.39, 0.29) is 11.4 Å². The first-order valence-electron chi connectivity index (χ1n) is 4.41. The number of rotatable bonds is 5. The summed E-state index contributed by atoms with van der Waals surface area (Å²) in [6.45, 7) is 0. The van der Waals surface area contributed by atoms with Crippen molar-refractivity contribution in [3.8, 4) is 0 Å². The summed E-state index contributed by atoms with van der Waals surface area (Å²) < 4.78 is 0. The fraction of sp³-hybridized carbons (Fsp3) is 0.200. The molecule has 0 unspecified atom stereocenters. The molecule has 1 aromatic carbocycles. The van der Waals surface area contributed by atoms with Gasteiger partial charge in [-0.05, 0) is 11.6 Å². The number of hydrogen-bond donors (Lipinski definition) is 2. The number of hydrogen-bond acceptors (Lipinski definition) is 2. The zero-order valence-corrected chi connectivity index (χ0v) is 9.63. The quantitative estimate of drug-likeness (QED) is 0.800. The lowest BCUT2D eigenvalue weighted by Gasteiger charge is -2.16. The second kappa shape index (κ2) is 5.72. The van der Waals surface area contributed by atoms with Crippen LogP contribution < -0.4 is 5.32 Å². The third-order valence-corrected chi connectivity index (χ3v) is 2.84. The van der Waals surface area contributed by atoms with Crippen molar-refractivity contribution in [2.24, 2.45) is 0 Å². The Hall–Kier alpha value is -1.26. The SMILES string of the molecule is O=CN[C@H](CC(=O)O)c1cccc(Cl)c1Cl. The molecule has 4 nitrogen and oxygen atoms in total. The van der Waals surface area contributed by atoms with E-state index in [1.165, 1.54) is 0 Å². The van der Waals surface area contributed by atoms with Crippen molar-refractivity contribution < 1.29 is 14.7 Å². The summed E-state index contributed by atoms with van der Waals surface area (Å²) in [6.07, 6.45) is 0.184. The van der Waals surface area contributed by atoms with Crippen molar-refractivity contribution >= 4 is 35.6 Å². The van der Waals surface area contributed by atoms with Gasteiger partial charge in [0.15, 0.2) is 0 Å². The summed E-state index contributed by atoms with van der Waals surface area (Å²) in [5.41, 5.74) is 0.490. The largest absolute Gasteiger partial charge is 0.481 e. The van der Waals surface area contributed by atoms with Gasteiger partial charge in [0.2, 0.25) is 6.41 Å². The zero-order chi connectivity index (χ0) is 12.1. The summed E-state index contributed by atoms with van der Waals surface area (Å²) in [5, 5.41) is 11.7. The van der Waals surface area contributed by atoms with Gasteiger partial charge in [-0.1, -0.05) is 35.3 Å². The minimum atomic E-state index is -1.03. The predicted octanol–water partition coefficient (Wildman–Crippen LogP) is 2.26. The highest BCUT2D eigenvalue weighted by atomic mass is 35.5. The molecule has 0 fully saturated rings. The average molecular weight is 262 g/mol. The summed E-state index contributed by atoms with van der Waals surface area (Å²) >= 11 is 11.7. The third kappa shape index (κ3) is 3.12. The first-order chi connectivity index (χ1) is 7.56. The van der Waals surface area contributed by atoms with E-state index in [1.807, 2.05) is 0 Å². The van der Waals surface area contributed by atoms with Crippen molar-refractivity contribution in [3.05, 3.63) is 33.8 Å². The molecule has 2 N–H and O–H groups in total. The Morgan fingerprint density at radius 1 is 1.50 bits per heavy atom. The van der Waals surface area contributed by atoms with Crippen molar-refractivity contribution in [2.75, 3.05) is 0 Å². The molecular formula is C10H9Cl2NO3. The van der Waals surface area contributed by atoms with Crippen LogP contribution in [-0.2, 0) is 9.59 Å². The van der Waals surface area contributed by atoms with Gasteiger partial charge in [0, 0.05) is 0 Å². The first-order valence-corrected chi connectivity index (χ1v) is 5.17. The van der Waals surface area contributed by atoms with Gasteiger partial charge in [-0.3, -0.25) is 9.59 Å². The Labute approximate surface area is 102 Å². The maximum absolute atomic E-state index is 10.6. The van der Waals surface area contributed by atoms with Crippen LogP contribution in [0.3, 0.4) is 0 Å². The van der Waals surface area contributed by atoms with E-state index in [0.717, 1.165) is 0 Å². The van der Waals surface area contributed by atoms with E-state index in [2.05, 4.69) is 5.32 Å². The van der Waals surface area contributed by atoms with Crippen LogP contribution in [0.25, 0.3) is 0 Å². The number of carbonyl (C=O) groups excluding carboxylic acids is 1. The lowest BCUT2D eigenvalue weighted by atomic mass is 10.0. The van der Waals surface area contributed by atoms with Gasteiger partial charge in [0.25, 0.3) is 0 Å². The molecule has 0 saturated heterocycles. The lowest BCUT2D eigenvalue weighted by Crippen LogP contribution is -2.22. The summed E-state index contributed by atoms with van der Waals surface area (Å²) in [7, 11) is 0. The summed E-state index contributed by atoms with van der Waals surface area (Å²) in [5.74, 6) is -1.03. The molecule has 0 saturated carbocycles. The minimum Gasteiger partial charge on any atom is -0.481 e. The number of carboxylic acids is 1. The van der Waals surface area contributed by atoms with E-state index in [9.17, 15) is 9.59 Å².